The van der Waals surface area contributed by atoms with Crippen LogP contribution in [0.5, 0.6) is 0 Å². The van der Waals surface area contributed by atoms with E-state index in [1.807, 2.05) is 37.3 Å². The smallest absolute Gasteiger partial charge is 0.249 e. The van der Waals surface area contributed by atoms with E-state index in [4.69, 9.17) is 16.6 Å². The van der Waals surface area contributed by atoms with Crippen molar-refractivity contribution in [3.63, 3.8) is 0 Å². The first-order valence-electron chi connectivity index (χ1n) is 9.01. The van der Waals surface area contributed by atoms with Crippen molar-refractivity contribution in [1.29, 1.82) is 0 Å². The molecular weight excluding hydrogens is 392 g/mol. The van der Waals surface area contributed by atoms with Crippen molar-refractivity contribution < 1.29 is 4.79 Å². The first-order valence-corrected chi connectivity index (χ1v) is 10.2. The Morgan fingerprint density at radius 3 is 2.71 bits per heavy atom. The number of aromatic nitrogens is 3. The summed E-state index contributed by atoms with van der Waals surface area (Å²) < 4.78 is 2.77. The van der Waals surface area contributed by atoms with Crippen molar-refractivity contribution in [3.05, 3.63) is 65.4 Å². The van der Waals surface area contributed by atoms with E-state index in [1.165, 1.54) is 16.5 Å². The Balaban J connectivity index is 1.51. The normalized spacial score (nSPS) is 12.2. The third-order valence-electron chi connectivity index (χ3n) is 4.52. The van der Waals surface area contributed by atoms with E-state index in [9.17, 15) is 4.79 Å². The van der Waals surface area contributed by atoms with Crippen LogP contribution in [0.2, 0.25) is 5.02 Å². The number of nitrogens with zero attached hydrogens (tertiary/aromatic N) is 3. The molecule has 0 fully saturated rings. The van der Waals surface area contributed by atoms with Gasteiger partial charge in [-0.1, -0.05) is 24.6 Å². The summed E-state index contributed by atoms with van der Waals surface area (Å²) in [4.78, 5) is 17.3. The number of carbonyl (C=O) groups is 1. The monoisotopic (exact) mass is 410 g/mol. The predicted molar refractivity (Wildman–Crippen MR) is 115 cm³/mol. The summed E-state index contributed by atoms with van der Waals surface area (Å²) in [5, 5.41) is 8.58. The minimum atomic E-state index is -0.403. The average Bonchev–Trinajstić information content (AvgIpc) is 3.29. The zero-order valence-electron chi connectivity index (χ0n) is 15.5. The molecule has 0 bridgehead atoms. The number of rotatable bonds is 5. The lowest BCUT2D eigenvalue weighted by Crippen LogP contribution is -2.25. The minimum absolute atomic E-state index is 0.120. The van der Waals surface area contributed by atoms with E-state index in [0.29, 0.717) is 11.4 Å². The number of benzene rings is 2. The Bertz CT molecular complexity index is 1130. The molecule has 4 rings (SSSR count). The van der Waals surface area contributed by atoms with Gasteiger partial charge in [-0.25, -0.2) is 4.98 Å². The molecule has 2 aromatic heterocycles. The molecule has 142 valence electrons. The molecule has 7 heteroatoms. The minimum Gasteiger partial charge on any atom is -0.324 e. The fraction of sp³-hybridized carbons (Fsp3) is 0.190. The van der Waals surface area contributed by atoms with Gasteiger partial charge in [0.05, 0.1) is 21.4 Å². The topological polar surface area (TPSA) is 59.8 Å². The Kier molecular flexibility index (Phi) is 5.15. The lowest BCUT2D eigenvalue weighted by Gasteiger charge is -2.15. The van der Waals surface area contributed by atoms with E-state index in [0.717, 1.165) is 21.8 Å². The molecule has 5 nitrogen and oxygen atoms in total. The number of carbonyl (C=O) groups excluding carboxylic acids is 1. The van der Waals surface area contributed by atoms with Crippen molar-refractivity contribution in [2.75, 3.05) is 5.32 Å². The quantitative estimate of drug-likeness (QED) is 0.458. The summed E-state index contributed by atoms with van der Waals surface area (Å²) in [5.41, 5.74) is 4.00. The van der Waals surface area contributed by atoms with Gasteiger partial charge in [0.1, 0.15) is 11.0 Å². The number of hydrogen-bond acceptors (Lipinski definition) is 4. The van der Waals surface area contributed by atoms with E-state index >= 15 is 0 Å². The molecule has 4 aromatic rings. The van der Waals surface area contributed by atoms with E-state index < -0.39 is 6.04 Å². The number of aryl methyl sites for hydroxylation is 1. The molecule has 2 aromatic carbocycles. The highest BCUT2D eigenvalue weighted by molar-refractivity contribution is 7.21. The highest BCUT2D eigenvalue weighted by Crippen LogP contribution is 2.31. The molecule has 0 aliphatic carbocycles. The zero-order chi connectivity index (χ0) is 19.7. The molecule has 0 aliphatic rings. The van der Waals surface area contributed by atoms with Gasteiger partial charge in [-0.15, -0.1) is 11.3 Å². The van der Waals surface area contributed by atoms with Crippen LogP contribution in [-0.4, -0.2) is 20.7 Å². The van der Waals surface area contributed by atoms with Crippen molar-refractivity contribution >= 4 is 44.7 Å². The van der Waals surface area contributed by atoms with Crippen LogP contribution in [-0.2, 0) is 4.79 Å². The maximum atomic E-state index is 12.6. The third-order valence-corrected chi connectivity index (χ3v) is 5.78. The van der Waals surface area contributed by atoms with Crippen molar-refractivity contribution in [2.45, 2.75) is 26.3 Å². The summed E-state index contributed by atoms with van der Waals surface area (Å²) in [6.07, 6.45) is 3.81. The fourth-order valence-corrected chi connectivity index (χ4v) is 4.27. The summed E-state index contributed by atoms with van der Waals surface area (Å²) in [6.45, 7) is 4.02. The number of anilines is 1. The van der Waals surface area contributed by atoms with Crippen molar-refractivity contribution in [2.24, 2.45) is 0 Å². The molecule has 1 amide bonds. The number of amides is 1. The first kappa shape index (κ1) is 18.7. The lowest BCUT2D eigenvalue weighted by molar-refractivity contribution is -0.119. The van der Waals surface area contributed by atoms with Crippen LogP contribution in [0.15, 0.2) is 54.9 Å². The summed E-state index contributed by atoms with van der Waals surface area (Å²) in [7, 11) is 0. The number of hydrogen-bond donors (Lipinski definition) is 1. The van der Waals surface area contributed by atoms with Gasteiger partial charge in [0.15, 0.2) is 0 Å². The number of fused-ring (bicyclic) bond motifs is 1. The second kappa shape index (κ2) is 7.73. The van der Waals surface area contributed by atoms with Crippen LogP contribution in [0.1, 0.15) is 24.9 Å². The van der Waals surface area contributed by atoms with E-state index in [2.05, 4.69) is 29.5 Å². The number of halogens is 1. The Hall–Kier alpha value is -2.70. The van der Waals surface area contributed by atoms with Crippen molar-refractivity contribution in [3.8, 4) is 10.6 Å². The van der Waals surface area contributed by atoms with Crippen molar-refractivity contribution in [1.82, 2.24) is 14.8 Å². The van der Waals surface area contributed by atoms with Gasteiger partial charge in [-0.3, -0.25) is 9.48 Å². The van der Waals surface area contributed by atoms with Gasteiger partial charge in [0.2, 0.25) is 5.91 Å². The third kappa shape index (κ3) is 3.79. The number of nitrogens with one attached hydrogen (secondary N) is 1. The molecular formula is C21H19ClN4OS. The fourth-order valence-electron chi connectivity index (χ4n) is 3.05. The zero-order valence-corrected chi connectivity index (χ0v) is 17.1. The predicted octanol–water partition coefficient (Wildman–Crippen LogP) is 5.71. The molecule has 0 spiro atoms. The first-order chi connectivity index (χ1) is 13.5. The summed E-state index contributed by atoms with van der Waals surface area (Å²) in [5.74, 6) is -0.120. The highest BCUT2D eigenvalue weighted by Gasteiger charge is 2.19. The van der Waals surface area contributed by atoms with Gasteiger partial charge in [0, 0.05) is 17.4 Å². The molecule has 2 heterocycles. The molecule has 0 radical (unpaired) electrons. The van der Waals surface area contributed by atoms with Crippen LogP contribution >= 0.6 is 22.9 Å². The molecule has 0 aliphatic heterocycles. The van der Waals surface area contributed by atoms with Crippen LogP contribution < -0.4 is 5.32 Å². The van der Waals surface area contributed by atoms with Crippen LogP contribution in [0.25, 0.3) is 20.8 Å². The number of thiazole rings is 1. The largest absolute Gasteiger partial charge is 0.324 e. The standard InChI is InChI=1S/C21H19ClN4OS/c1-3-18(26-12-15(22)11-23-26)20(27)24-16-7-5-14(6-8-16)21-25-17-9-4-13(2)10-19(17)28-21/h4-12,18H,3H2,1-2H3,(H,24,27). The lowest BCUT2D eigenvalue weighted by atomic mass is 10.2. The van der Waals surface area contributed by atoms with Gasteiger partial charge in [0.25, 0.3) is 0 Å². The maximum Gasteiger partial charge on any atom is 0.249 e. The Labute approximate surface area is 172 Å². The molecule has 1 unspecified atom stereocenters. The molecule has 1 atom stereocenters. The summed E-state index contributed by atoms with van der Waals surface area (Å²) >= 11 is 7.59. The SMILES string of the molecule is CCC(C(=O)Nc1ccc(-c2nc3ccc(C)cc3s2)cc1)n1cc(Cl)cn1. The van der Waals surface area contributed by atoms with Gasteiger partial charge >= 0.3 is 0 Å². The van der Waals surface area contributed by atoms with Crippen LogP contribution in [0.3, 0.4) is 0 Å². The van der Waals surface area contributed by atoms with Gasteiger partial charge < -0.3 is 5.32 Å². The average molecular weight is 411 g/mol. The van der Waals surface area contributed by atoms with E-state index in [1.54, 1.807) is 22.2 Å². The highest BCUT2D eigenvalue weighted by atomic mass is 35.5. The molecule has 0 saturated carbocycles. The van der Waals surface area contributed by atoms with Gasteiger partial charge in [-0.2, -0.15) is 5.10 Å². The van der Waals surface area contributed by atoms with Crippen LogP contribution in [0.4, 0.5) is 5.69 Å². The molecule has 1 N–H and O–H groups in total. The second-order valence-corrected chi connectivity index (χ2v) is 8.09. The second-order valence-electron chi connectivity index (χ2n) is 6.62. The molecule has 28 heavy (non-hydrogen) atoms. The molecule has 0 saturated heterocycles. The Morgan fingerprint density at radius 2 is 2.04 bits per heavy atom. The maximum absolute atomic E-state index is 12.6. The van der Waals surface area contributed by atoms with Gasteiger partial charge in [-0.05, 0) is 55.3 Å². The Morgan fingerprint density at radius 1 is 1.25 bits per heavy atom. The van der Waals surface area contributed by atoms with Crippen LogP contribution in [0, 0.1) is 6.92 Å². The van der Waals surface area contributed by atoms with E-state index in [-0.39, 0.29) is 5.91 Å². The summed E-state index contributed by atoms with van der Waals surface area (Å²) in [6, 6.07) is 13.6.